The van der Waals surface area contributed by atoms with Crippen LogP contribution in [0, 0.1) is 0 Å². The lowest BCUT2D eigenvalue weighted by molar-refractivity contribution is -0.357. The molecule has 0 bridgehead atoms. The van der Waals surface area contributed by atoms with Gasteiger partial charge in [-0.15, -0.1) is 0 Å². The Hall–Kier alpha value is -1.26. The van der Waals surface area contributed by atoms with E-state index in [9.17, 15) is 79.0 Å². The van der Waals surface area contributed by atoms with Crippen molar-refractivity contribution in [2.45, 2.75) is 110 Å². The van der Waals surface area contributed by atoms with E-state index in [1.165, 1.54) is 0 Å². The second kappa shape index (κ2) is 11.9. The average molecular weight is 572 g/mol. The molecule has 220 valence electrons. The predicted octanol–water partition coefficient (Wildman–Crippen LogP) is 10.1. The zero-order chi connectivity index (χ0) is 28.5. The quantitative estimate of drug-likeness (QED) is 0.278. The normalized spacial score (nSPS) is 14.4. The zero-order valence-electron chi connectivity index (χ0n) is 17.3. The van der Waals surface area contributed by atoms with Crippen molar-refractivity contribution in [1.82, 2.24) is 0 Å². The van der Waals surface area contributed by atoms with Gasteiger partial charge < -0.3 is 0 Å². The van der Waals surface area contributed by atoms with E-state index in [1.54, 1.807) is 0 Å². The van der Waals surface area contributed by atoms with Crippen LogP contribution in [0.15, 0.2) is 0 Å². The molecule has 0 radical (unpaired) electrons. The lowest BCUT2D eigenvalue weighted by atomic mass is 10.0. The SMILES string of the molecule is C.C.CC(F)(F)C(C)(F)F.CC(F)(F)C(F)(F)C(C)(F)F.CC(F)(F)C(F)(F)C(F)(F)C(C)(F)F. The molecule has 0 atom stereocenters. The van der Waals surface area contributed by atoms with Crippen LogP contribution in [-0.2, 0) is 0 Å². The van der Waals surface area contributed by atoms with E-state index in [0.717, 1.165) is 0 Å². The van der Waals surface area contributed by atoms with Crippen molar-refractivity contribution >= 4 is 0 Å². The molecule has 0 amide bonds. The van der Waals surface area contributed by atoms with Gasteiger partial charge in [-0.1, -0.05) is 14.9 Å². The van der Waals surface area contributed by atoms with Crippen LogP contribution in [0.5, 0.6) is 0 Å². The molecule has 0 aliphatic rings. The summed E-state index contributed by atoms with van der Waals surface area (Å²) in [6.45, 7) is -1.21. The molecule has 0 aromatic heterocycles. The Bertz CT molecular complexity index is 535. The summed E-state index contributed by atoms with van der Waals surface area (Å²) < 4.78 is 214. The summed E-state index contributed by atoms with van der Waals surface area (Å²) in [5.41, 5.74) is 0. The molecule has 0 aliphatic heterocycles. The standard InChI is InChI=1S/C6H6F8.C5H6F6.C4H6F4.2CH4/c1-3(7,8)5(11,12)6(13,14)4(2,9)10;1-3(6,7)5(10,11)4(2,8)9;1-3(5,6)4(2,7)8;;/h1-2H3;1-2H3;1-2H3;2*1H4. The highest BCUT2D eigenvalue weighted by molar-refractivity contribution is 5.00. The van der Waals surface area contributed by atoms with Gasteiger partial charge in [0, 0.05) is 41.5 Å². The van der Waals surface area contributed by atoms with Crippen LogP contribution >= 0.6 is 0 Å². The Kier molecular flexibility index (Phi) is 14.8. The Balaban J connectivity index is -0.000000129. The third-order valence-electron chi connectivity index (χ3n) is 3.37. The molecule has 0 heterocycles. The molecule has 0 aromatic rings. The topological polar surface area (TPSA) is 0 Å². The smallest absolute Gasteiger partial charge is 0.200 e. The maximum Gasteiger partial charge on any atom is 0.377 e. The van der Waals surface area contributed by atoms with Crippen LogP contribution in [0.1, 0.15) is 56.4 Å². The summed E-state index contributed by atoms with van der Waals surface area (Å²) in [6, 6.07) is 0. The first-order valence-electron chi connectivity index (χ1n) is 7.90. The van der Waals surface area contributed by atoms with E-state index in [0.29, 0.717) is 0 Å². The molecule has 0 fully saturated rings. The fraction of sp³-hybridized carbons (Fsp3) is 1.00. The maximum absolute atomic E-state index is 12.2. The van der Waals surface area contributed by atoms with Crippen LogP contribution < -0.4 is 0 Å². The average Bonchev–Trinajstić information content (AvgIpc) is 2.41. The summed E-state index contributed by atoms with van der Waals surface area (Å²) in [5.74, 6) is -45.1. The van der Waals surface area contributed by atoms with Crippen LogP contribution in [-0.4, -0.2) is 53.3 Å². The molecule has 0 N–H and O–H groups in total. The monoisotopic (exact) mass is 572 g/mol. The van der Waals surface area contributed by atoms with Gasteiger partial charge in [-0.05, 0) is 0 Å². The highest BCUT2D eigenvalue weighted by Crippen LogP contribution is 2.52. The number of rotatable bonds is 6. The van der Waals surface area contributed by atoms with Gasteiger partial charge in [-0.2, -0.15) is 61.5 Å². The highest BCUT2D eigenvalue weighted by atomic mass is 19.4. The van der Waals surface area contributed by atoms with Crippen LogP contribution in [0.2, 0.25) is 0 Å². The van der Waals surface area contributed by atoms with Gasteiger partial charge in [-0.25, -0.2) is 17.6 Å². The molecule has 0 unspecified atom stereocenters. The van der Waals surface area contributed by atoms with Gasteiger partial charge >= 0.3 is 53.3 Å². The van der Waals surface area contributed by atoms with Crippen molar-refractivity contribution in [3.63, 3.8) is 0 Å². The van der Waals surface area contributed by atoms with Crippen molar-refractivity contribution in [2.75, 3.05) is 0 Å². The summed E-state index contributed by atoms with van der Waals surface area (Å²) in [4.78, 5) is 0. The second-order valence-corrected chi connectivity index (χ2v) is 7.05. The Labute approximate surface area is 190 Å². The fourth-order valence-corrected chi connectivity index (χ4v) is 0.937. The van der Waals surface area contributed by atoms with Gasteiger partial charge in [0.2, 0.25) is 0 Å². The maximum atomic E-state index is 12.2. The largest absolute Gasteiger partial charge is 0.377 e. The molecule has 0 saturated carbocycles. The van der Waals surface area contributed by atoms with Crippen molar-refractivity contribution in [2.24, 2.45) is 0 Å². The third-order valence-corrected chi connectivity index (χ3v) is 3.37. The Morgan fingerprint density at radius 1 is 0.229 bits per heavy atom. The second-order valence-electron chi connectivity index (χ2n) is 7.05. The number of halogens is 18. The van der Waals surface area contributed by atoms with Crippen molar-refractivity contribution < 1.29 is 79.0 Å². The minimum absolute atomic E-state index is 0. The molecule has 0 saturated heterocycles. The molecule has 0 aromatic carbocycles. The van der Waals surface area contributed by atoms with Crippen molar-refractivity contribution in [3.05, 3.63) is 0 Å². The first-order valence-corrected chi connectivity index (χ1v) is 7.90. The molecular formula is C17H26F18. The Morgan fingerprint density at radius 3 is 0.371 bits per heavy atom. The van der Waals surface area contributed by atoms with Gasteiger partial charge in [0.25, 0.3) is 0 Å². The van der Waals surface area contributed by atoms with E-state index in [1.807, 2.05) is 0 Å². The molecule has 0 rings (SSSR count). The lowest BCUT2D eigenvalue weighted by Gasteiger charge is -2.33. The van der Waals surface area contributed by atoms with E-state index in [-0.39, 0.29) is 42.5 Å². The van der Waals surface area contributed by atoms with Crippen LogP contribution in [0.4, 0.5) is 79.0 Å². The summed E-state index contributed by atoms with van der Waals surface area (Å²) in [5, 5.41) is 0. The van der Waals surface area contributed by atoms with Crippen LogP contribution in [0.25, 0.3) is 0 Å². The first kappa shape index (κ1) is 43.8. The zero-order valence-corrected chi connectivity index (χ0v) is 17.3. The fourth-order valence-electron chi connectivity index (χ4n) is 0.937. The first-order chi connectivity index (χ1) is 13.5. The number of hydrogen-bond donors (Lipinski definition) is 0. The molecule has 35 heavy (non-hydrogen) atoms. The van der Waals surface area contributed by atoms with Crippen molar-refractivity contribution in [3.8, 4) is 0 Å². The number of hydrogen-bond acceptors (Lipinski definition) is 0. The number of alkyl halides is 18. The molecule has 0 nitrogen and oxygen atoms in total. The Morgan fingerprint density at radius 2 is 0.343 bits per heavy atom. The summed E-state index contributed by atoms with van der Waals surface area (Å²) >= 11 is 0. The minimum atomic E-state index is -6.10. The summed E-state index contributed by atoms with van der Waals surface area (Å²) in [7, 11) is 0. The van der Waals surface area contributed by atoms with E-state index in [4.69, 9.17) is 0 Å². The summed E-state index contributed by atoms with van der Waals surface area (Å²) in [6.07, 6.45) is 0. The molecular weight excluding hydrogens is 546 g/mol. The minimum Gasteiger partial charge on any atom is -0.200 e. The van der Waals surface area contributed by atoms with E-state index in [2.05, 4.69) is 0 Å². The van der Waals surface area contributed by atoms with Gasteiger partial charge in [0.15, 0.2) is 0 Å². The third kappa shape index (κ3) is 11.1. The van der Waals surface area contributed by atoms with Gasteiger partial charge in [0.05, 0.1) is 0 Å². The van der Waals surface area contributed by atoms with Crippen LogP contribution in [0.3, 0.4) is 0 Å². The highest BCUT2D eigenvalue weighted by Gasteiger charge is 2.77. The molecule has 0 aliphatic carbocycles. The van der Waals surface area contributed by atoms with Crippen molar-refractivity contribution in [1.29, 1.82) is 0 Å². The molecule has 18 heteroatoms. The van der Waals surface area contributed by atoms with Gasteiger partial charge in [-0.3, -0.25) is 0 Å². The van der Waals surface area contributed by atoms with E-state index >= 15 is 0 Å². The molecule has 0 spiro atoms. The predicted molar refractivity (Wildman–Crippen MR) is 92.0 cm³/mol. The lowest BCUT2D eigenvalue weighted by Crippen LogP contribution is -2.60. The van der Waals surface area contributed by atoms with E-state index < -0.39 is 67.2 Å². The van der Waals surface area contributed by atoms with Gasteiger partial charge in [0.1, 0.15) is 0 Å².